The van der Waals surface area contributed by atoms with E-state index in [1.807, 2.05) is 0 Å². The fourth-order valence-corrected chi connectivity index (χ4v) is 2.21. The van der Waals surface area contributed by atoms with Crippen LogP contribution in [0.2, 0.25) is 0 Å². The van der Waals surface area contributed by atoms with Gasteiger partial charge in [-0.1, -0.05) is 0 Å². The largest absolute Gasteiger partial charge is 0.497 e. The van der Waals surface area contributed by atoms with E-state index in [0.29, 0.717) is 28.6 Å². The van der Waals surface area contributed by atoms with Gasteiger partial charge in [-0.15, -0.1) is 0 Å². The number of anilines is 1. The van der Waals surface area contributed by atoms with Crippen molar-refractivity contribution in [1.82, 2.24) is 9.78 Å². The van der Waals surface area contributed by atoms with Crippen molar-refractivity contribution in [3.8, 4) is 11.5 Å². The van der Waals surface area contributed by atoms with Crippen LogP contribution in [0.5, 0.6) is 11.5 Å². The number of hydrogen-bond acceptors (Lipinski definition) is 6. The molecule has 1 aromatic heterocycles. The summed E-state index contributed by atoms with van der Waals surface area (Å²) in [5.41, 5.74) is 1.49. The third-order valence-electron chi connectivity index (χ3n) is 3.31. The maximum atomic E-state index is 11.1. The lowest BCUT2D eigenvalue weighted by Gasteiger charge is -2.09. The molecule has 2 rings (SSSR count). The van der Waals surface area contributed by atoms with Gasteiger partial charge in [-0.05, 0) is 25.1 Å². The molecule has 0 saturated carbocycles. The number of aryl methyl sites for hydroxylation is 2. The summed E-state index contributed by atoms with van der Waals surface area (Å²) in [6.07, 6.45) is 3.20. The van der Waals surface area contributed by atoms with Crippen LogP contribution < -0.4 is 14.8 Å². The number of benzene rings is 1. The van der Waals surface area contributed by atoms with Crippen LogP contribution in [0, 0.1) is 17.0 Å². The Bertz CT molecular complexity index is 752. The van der Waals surface area contributed by atoms with Crippen molar-refractivity contribution in [2.24, 2.45) is 7.05 Å². The monoisotopic (exact) mass is 318 g/mol. The highest BCUT2D eigenvalue weighted by Gasteiger charge is 2.21. The summed E-state index contributed by atoms with van der Waals surface area (Å²) in [6, 6.07) is 5.33. The Morgan fingerprint density at radius 1 is 1.35 bits per heavy atom. The number of methoxy groups -OCH3 is 2. The average molecular weight is 318 g/mol. The smallest absolute Gasteiger partial charge is 0.317 e. The molecular weight excluding hydrogens is 300 g/mol. The first kappa shape index (κ1) is 16.3. The van der Waals surface area contributed by atoms with E-state index in [-0.39, 0.29) is 5.69 Å². The SMILES string of the molecule is COc1ccc(NC=Cc2c([N+](=O)[O-])c(C)nn2C)c(OC)c1. The first-order chi connectivity index (χ1) is 11.0. The molecule has 0 aliphatic carbocycles. The Balaban J connectivity index is 2.25. The van der Waals surface area contributed by atoms with E-state index < -0.39 is 4.92 Å². The topological polar surface area (TPSA) is 91.5 Å². The van der Waals surface area contributed by atoms with Crippen LogP contribution in [0.25, 0.3) is 6.08 Å². The average Bonchev–Trinajstić information content (AvgIpc) is 2.81. The zero-order valence-electron chi connectivity index (χ0n) is 13.4. The van der Waals surface area contributed by atoms with E-state index >= 15 is 0 Å². The number of nitrogens with zero attached hydrogens (tertiary/aromatic N) is 3. The van der Waals surface area contributed by atoms with Gasteiger partial charge in [0.1, 0.15) is 22.9 Å². The molecule has 23 heavy (non-hydrogen) atoms. The van der Waals surface area contributed by atoms with Gasteiger partial charge in [-0.3, -0.25) is 14.8 Å². The van der Waals surface area contributed by atoms with E-state index in [1.54, 1.807) is 58.7 Å². The van der Waals surface area contributed by atoms with Gasteiger partial charge >= 0.3 is 5.69 Å². The number of hydrogen-bond donors (Lipinski definition) is 1. The van der Waals surface area contributed by atoms with Crippen molar-refractivity contribution in [2.45, 2.75) is 6.92 Å². The minimum absolute atomic E-state index is 0.00718. The molecule has 0 aliphatic heterocycles. The highest BCUT2D eigenvalue weighted by Crippen LogP contribution is 2.29. The highest BCUT2D eigenvalue weighted by molar-refractivity contribution is 5.65. The van der Waals surface area contributed by atoms with E-state index in [4.69, 9.17) is 9.47 Å². The van der Waals surface area contributed by atoms with Gasteiger partial charge in [-0.25, -0.2) is 0 Å². The third-order valence-corrected chi connectivity index (χ3v) is 3.31. The molecule has 1 heterocycles. The minimum Gasteiger partial charge on any atom is -0.497 e. The molecule has 0 saturated heterocycles. The summed E-state index contributed by atoms with van der Waals surface area (Å²) >= 11 is 0. The van der Waals surface area contributed by atoms with Crippen molar-refractivity contribution in [2.75, 3.05) is 19.5 Å². The highest BCUT2D eigenvalue weighted by atomic mass is 16.6. The molecule has 0 fully saturated rings. The molecule has 0 radical (unpaired) electrons. The molecule has 0 bridgehead atoms. The fourth-order valence-electron chi connectivity index (χ4n) is 2.21. The third kappa shape index (κ3) is 3.42. The lowest BCUT2D eigenvalue weighted by molar-refractivity contribution is -0.385. The predicted octanol–water partition coefficient (Wildman–Crippen LogP) is 2.74. The molecule has 0 spiro atoms. The van der Waals surface area contributed by atoms with E-state index in [9.17, 15) is 10.1 Å². The van der Waals surface area contributed by atoms with Crippen molar-refractivity contribution in [3.05, 3.63) is 45.9 Å². The van der Waals surface area contributed by atoms with E-state index in [1.165, 1.54) is 4.68 Å². The van der Waals surface area contributed by atoms with Gasteiger partial charge in [0.15, 0.2) is 0 Å². The molecule has 8 nitrogen and oxygen atoms in total. The zero-order valence-corrected chi connectivity index (χ0v) is 13.4. The number of nitrogens with one attached hydrogen (secondary N) is 1. The molecule has 1 N–H and O–H groups in total. The Kier molecular flexibility index (Phi) is 4.85. The second-order valence-corrected chi connectivity index (χ2v) is 4.74. The summed E-state index contributed by atoms with van der Waals surface area (Å²) in [5.74, 6) is 1.28. The van der Waals surface area contributed by atoms with Crippen LogP contribution in [-0.2, 0) is 7.05 Å². The first-order valence-electron chi connectivity index (χ1n) is 6.81. The van der Waals surface area contributed by atoms with Gasteiger partial charge in [0, 0.05) is 19.3 Å². The normalized spacial score (nSPS) is 10.8. The first-order valence-corrected chi connectivity index (χ1v) is 6.81. The molecule has 0 aliphatic rings. The zero-order chi connectivity index (χ0) is 17.0. The van der Waals surface area contributed by atoms with Gasteiger partial charge in [0.25, 0.3) is 0 Å². The number of ether oxygens (including phenoxy) is 2. The van der Waals surface area contributed by atoms with Gasteiger partial charge in [-0.2, -0.15) is 5.10 Å². The molecule has 1 aromatic carbocycles. The van der Waals surface area contributed by atoms with Gasteiger partial charge in [0.05, 0.1) is 24.8 Å². The fraction of sp³-hybridized carbons (Fsp3) is 0.267. The van der Waals surface area contributed by atoms with Crippen LogP contribution in [0.3, 0.4) is 0 Å². The number of nitro groups is 1. The van der Waals surface area contributed by atoms with E-state index in [2.05, 4.69) is 10.4 Å². The summed E-state index contributed by atoms with van der Waals surface area (Å²) in [4.78, 5) is 10.7. The van der Waals surface area contributed by atoms with Crippen LogP contribution in [-0.4, -0.2) is 28.9 Å². The summed E-state index contributed by atoms with van der Waals surface area (Å²) in [7, 11) is 4.79. The van der Waals surface area contributed by atoms with Crippen molar-refractivity contribution < 1.29 is 14.4 Å². The van der Waals surface area contributed by atoms with Crippen LogP contribution >= 0.6 is 0 Å². The molecule has 0 atom stereocenters. The van der Waals surface area contributed by atoms with Crippen LogP contribution in [0.4, 0.5) is 11.4 Å². The molecule has 0 amide bonds. The Labute approximate surface area is 133 Å². The number of rotatable bonds is 6. The van der Waals surface area contributed by atoms with Crippen molar-refractivity contribution in [3.63, 3.8) is 0 Å². The van der Waals surface area contributed by atoms with Gasteiger partial charge < -0.3 is 14.8 Å². The second kappa shape index (κ2) is 6.82. The molecule has 8 heteroatoms. The van der Waals surface area contributed by atoms with Crippen molar-refractivity contribution >= 4 is 17.5 Å². The standard InChI is InChI=1S/C15H18N4O4/c1-10-15(19(20)21)13(18(2)17-10)7-8-16-12-6-5-11(22-3)9-14(12)23-4/h5-9,16H,1-4H3. The minimum atomic E-state index is -0.435. The van der Waals surface area contributed by atoms with Gasteiger partial charge in [0.2, 0.25) is 0 Å². The maximum Gasteiger partial charge on any atom is 0.317 e. The lowest BCUT2D eigenvalue weighted by Crippen LogP contribution is -1.97. The Morgan fingerprint density at radius 2 is 2.09 bits per heavy atom. The van der Waals surface area contributed by atoms with Crippen molar-refractivity contribution in [1.29, 1.82) is 0 Å². The van der Waals surface area contributed by atoms with Crippen LogP contribution in [0.15, 0.2) is 24.4 Å². The molecule has 122 valence electrons. The number of aromatic nitrogens is 2. The summed E-state index contributed by atoms with van der Waals surface area (Å²) < 4.78 is 11.9. The second-order valence-electron chi connectivity index (χ2n) is 4.74. The quantitative estimate of drug-likeness (QED) is 0.650. The summed E-state index contributed by atoms with van der Waals surface area (Å²) in [6.45, 7) is 1.61. The Hall–Kier alpha value is -3.03. The Morgan fingerprint density at radius 3 is 2.70 bits per heavy atom. The summed E-state index contributed by atoms with van der Waals surface area (Å²) in [5, 5.41) is 18.2. The molecular formula is C15H18N4O4. The lowest BCUT2D eigenvalue weighted by atomic mass is 10.2. The maximum absolute atomic E-state index is 11.1. The predicted molar refractivity (Wildman–Crippen MR) is 86.8 cm³/mol. The van der Waals surface area contributed by atoms with Crippen LogP contribution in [0.1, 0.15) is 11.4 Å². The van der Waals surface area contributed by atoms with E-state index in [0.717, 1.165) is 0 Å². The molecule has 2 aromatic rings. The molecule has 0 unspecified atom stereocenters.